The van der Waals surface area contributed by atoms with Crippen molar-refractivity contribution in [2.75, 3.05) is 26.2 Å². The molecule has 7 heteroatoms. The lowest BCUT2D eigenvalue weighted by atomic mass is 9.68. The summed E-state index contributed by atoms with van der Waals surface area (Å²) >= 11 is 0. The van der Waals surface area contributed by atoms with Gasteiger partial charge in [0.1, 0.15) is 11.5 Å². The predicted octanol–water partition coefficient (Wildman–Crippen LogP) is 3.42. The Balaban J connectivity index is 1.19. The van der Waals surface area contributed by atoms with Crippen molar-refractivity contribution >= 4 is 22.7 Å². The number of nitrogens with one attached hydrogen (secondary N) is 3. The molecule has 2 saturated heterocycles. The third-order valence-electron chi connectivity index (χ3n) is 7.29. The Kier molecular flexibility index (Phi) is 5.66. The largest absolute Gasteiger partial charge is 0.355 e. The molecule has 2 aliphatic heterocycles. The van der Waals surface area contributed by atoms with E-state index in [9.17, 15) is 14.0 Å². The molecule has 1 spiro atoms. The number of halogens is 1. The zero-order valence-corrected chi connectivity index (χ0v) is 18.7. The molecular formula is C26H29FN4O2. The number of likely N-dealkylation sites (tertiary alicyclic amines) is 1. The Bertz CT molecular complexity index is 1130. The number of rotatable bonds is 5. The van der Waals surface area contributed by atoms with Crippen molar-refractivity contribution in [2.45, 2.75) is 31.7 Å². The first-order chi connectivity index (χ1) is 15.9. The summed E-state index contributed by atoms with van der Waals surface area (Å²) < 4.78 is 13.4. The predicted molar refractivity (Wildman–Crippen MR) is 125 cm³/mol. The quantitative estimate of drug-likeness (QED) is 0.560. The van der Waals surface area contributed by atoms with Gasteiger partial charge in [0, 0.05) is 36.0 Å². The lowest BCUT2D eigenvalue weighted by Gasteiger charge is -2.41. The zero-order valence-electron chi connectivity index (χ0n) is 18.7. The number of carbonyl (C=O) groups is 2. The number of carbonyl (C=O) groups excluding carboxylic acids is 2. The third kappa shape index (κ3) is 4.13. The average Bonchev–Trinajstić information content (AvgIpc) is 3.38. The van der Waals surface area contributed by atoms with Gasteiger partial charge in [-0.2, -0.15) is 0 Å². The summed E-state index contributed by atoms with van der Waals surface area (Å²) in [6.07, 6.45) is 1.51. The minimum atomic E-state index is -0.439. The van der Waals surface area contributed by atoms with E-state index in [4.69, 9.17) is 0 Å². The van der Waals surface area contributed by atoms with Crippen LogP contribution in [0.15, 0.2) is 54.6 Å². The highest BCUT2D eigenvalue weighted by Crippen LogP contribution is 2.47. The number of H-pyrrole nitrogens is 1. The molecule has 172 valence electrons. The summed E-state index contributed by atoms with van der Waals surface area (Å²) in [5.74, 6) is -0.203. The molecule has 2 aromatic carbocycles. The maximum atomic E-state index is 13.4. The van der Waals surface area contributed by atoms with Crippen molar-refractivity contribution in [1.29, 1.82) is 0 Å². The van der Waals surface area contributed by atoms with Crippen LogP contribution in [0.25, 0.3) is 10.9 Å². The number of benzene rings is 2. The van der Waals surface area contributed by atoms with Gasteiger partial charge in [-0.25, -0.2) is 4.39 Å². The van der Waals surface area contributed by atoms with Crippen LogP contribution in [0, 0.1) is 11.2 Å². The topological polar surface area (TPSA) is 77.2 Å². The third-order valence-corrected chi connectivity index (χ3v) is 7.29. The summed E-state index contributed by atoms with van der Waals surface area (Å²) in [5.41, 5.74) is 2.08. The highest BCUT2D eigenvalue weighted by molar-refractivity contribution is 5.98. The smallest absolute Gasteiger partial charge is 0.267 e. The number of fused-ring (bicyclic) bond motifs is 1. The van der Waals surface area contributed by atoms with Crippen molar-refractivity contribution in [3.8, 4) is 0 Å². The molecule has 1 aromatic heterocycles. The fourth-order valence-corrected chi connectivity index (χ4v) is 5.50. The van der Waals surface area contributed by atoms with E-state index in [1.54, 1.807) is 12.1 Å². The SMILES string of the molecule is CC(CN1CCC2(CC1)C(=O)NCC2c1ccc(F)cc1)NC(=O)c1cc2ccccc2[nH]1. The molecule has 3 aromatic rings. The molecule has 0 aliphatic carbocycles. The van der Waals surface area contributed by atoms with E-state index in [0.717, 1.165) is 48.9 Å². The van der Waals surface area contributed by atoms with Crippen LogP contribution in [0.2, 0.25) is 0 Å². The molecule has 2 unspecified atom stereocenters. The fraction of sp³-hybridized carbons (Fsp3) is 0.385. The molecule has 33 heavy (non-hydrogen) atoms. The van der Waals surface area contributed by atoms with Gasteiger partial charge in [0.2, 0.25) is 5.91 Å². The van der Waals surface area contributed by atoms with Crippen LogP contribution in [-0.4, -0.2) is 53.9 Å². The van der Waals surface area contributed by atoms with Gasteiger partial charge in [-0.1, -0.05) is 30.3 Å². The van der Waals surface area contributed by atoms with E-state index >= 15 is 0 Å². The summed E-state index contributed by atoms with van der Waals surface area (Å²) in [7, 11) is 0. The van der Waals surface area contributed by atoms with E-state index < -0.39 is 5.41 Å². The van der Waals surface area contributed by atoms with Crippen molar-refractivity contribution in [3.05, 3.63) is 71.7 Å². The molecular weight excluding hydrogens is 419 g/mol. The van der Waals surface area contributed by atoms with Crippen molar-refractivity contribution in [2.24, 2.45) is 5.41 Å². The van der Waals surface area contributed by atoms with Gasteiger partial charge in [-0.3, -0.25) is 9.59 Å². The lowest BCUT2D eigenvalue weighted by Crippen LogP contribution is -2.49. The van der Waals surface area contributed by atoms with Crippen LogP contribution in [0.4, 0.5) is 4.39 Å². The average molecular weight is 449 g/mol. The minimum absolute atomic E-state index is 0.0248. The number of aromatic nitrogens is 1. The Morgan fingerprint density at radius 2 is 1.91 bits per heavy atom. The zero-order chi connectivity index (χ0) is 23.0. The Morgan fingerprint density at radius 3 is 2.64 bits per heavy atom. The number of amides is 2. The van der Waals surface area contributed by atoms with Gasteiger partial charge in [0.05, 0.1) is 5.41 Å². The lowest BCUT2D eigenvalue weighted by molar-refractivity contribution is -0.130. The fourth-order valence-electron chi connectivity index (χ4n) is 5.50. The van der Waals surface area contributed by atoms with Crippen LogP contribution in [0.1, 0.15) is 41.7 Å². The summed E-state index contributed by atoms with van der Waals surface area (Å²) in [5, 5.41) is 7.15. The van der Waals surface area contributed by atoms with E-state index in [-0.39, 0.29) is 29.6 Å². The Morgan fingerprint density at radius 1 is 1.18 bits per heavy atom. The molecule has 0 radical (unpaired) electrons. The van der Waals surface area contributed by atoms with Gasteiger partial charge in [0.25, 0.3) is 5.91 Å². The van der Waals surface area contributed by atoms with Crippen molar-refractivity contribution in [1.82, 2.24) is 20.5 Å². The van der Waals surface area contributed by atoms with Crippen LogP contribution in [0.5, 0.6) is 0 Å². The minimum Gasteiger partial charge on any atom is -0.355 e. The van der Waals surface area contributed by atoms with E-state index in [1.165, 1.54) is 12.1 Å². The van der Waals surface area contributed by atoms with Crippen LogP contribution >= 0.6 is 0 Å². The normalized spacial score (nSPS) is 21.3. The first kappa shape index (κ1) is 21.6. The highest BCUT2D eigenvalue weighted by Gasteiger charge is 2.51. The summed E-state index contributed by atoms with van der Waals surface area (Å²) in [6.45, 7) is 4.91. The summed E-state index contributed by atoms with van der Waals surface area (Å²) in [4.78, 5) is 31.0. The summed E-state index contributed by atoms with van der Waals surface area (Å²) in [6, 6.07) is 16.2. The standard InChI is InChI=1S/C26H29FN4O2/c1-17(29-24(32)23-14-19-4-2-3-5-22(19)30-23)16-31-12-10-26(11-13-31)21(15-28-25(26)33)18-6-8-20(27)9-7-18/h2-9,14,17,21,30H,10-13,15-16H2,1H3,(H,28,33)(H,29,32). The number of hydrogen-bond donors (Lipinski definition) is 3. The second-order valence-electron chi connectivity index (χ2n) is 9.42. The number of hydrogen-bond acceptors (Lipinski definition) is 3. The molecule has 2 atom stereocenters. The van der Waals surface area contributed by atoms with Gasteiger partial charge in [0.15, 0.2) is 0 Å². The van der Waals surface area contributed by atoms with Crippen LogP contribution in [-0.2, 0) is 4.79 Å². The number of aromatic amines is 1. The number of nitrogens with zero attached hydrogens (tertiary/aromatic N) is 1. The van der Waals surface area contributed by atoms with Gasteiger partial charge < -0.3 is 20.5 Å². The molecule has 5 rings (SSSR count). The molecule has 3 heterocycles. The van der Waals surface area contributed by atoms with Crippen molar-refractivity contribution in [3.63, 3.8) is 0 Å². The number of para-hydroxylation sites is 1. The van der Waals surface area contributed by atoms with E-state index in [2.05, 4.69) is 20.5 Å². The molecule has 2 amide bonds. The van der Waals surface area contributed by atoms with Crippen molar-refractivity contribution < 1.29 is 14.0 Å². The van der Waals surface area contributed by atoms with Gasteiger partial charge >= 0.3 is 0 Å². The Hall–Kier alpha value is -3.19. The highest BCUT2D eigenvalue weighted by atomic mass is 19.1. The van der Waals surface area contributed by atoms with Gasteiger partial charge in [-0.05, 0) is 62.7 Å². The first-order valence-corrected chi connectivity index (χ1v) is 11.6. The molecule has 2 aliphatic rings. The van der Waals surface area contributed by atoms with Crippen LogP contribution < -0.4 is 10.6 Å². The maximum absolute atomic E-state index is 13.4. The maximum Gasteiger partial charge on any atom is 0.267 e. The Labute approximate surface area is 192 Å². The molecule has 0 saturated carbocycles. The van der Waals surface area contributed by atoms with Gasteiger partial charge in [-0.15, -0.1) is 0 Å². The number of piperidine rings is 1. The molecule has 3 N–H and O–H groups in total. The first-order valence-electron chi connectivity index (χ1n) is 11.6. The molecule has 2 fully saturated rings. The molecule has 0 bridgehead atoms. The second kappa shape index (κ2) is 8.63. The van der Waals surface area contributed by atoms with Crippen LogP contribution in [0.3, 0.4) is 0 Å². The van der Waals surface area contributed by atoms with E-state index in [0.29, 0.717) is 12.2 Å². The monoisotopic (exact) mass is 448 g/mol. The second-order valence-corrected chi connectivity index (χ2v) is 9.42. The van der Waals surface area contributed by atoms with E-state index in [1.807, 2.05) is 37.3 Å². The molecule has 6 nitrogen and oxygen atoms in total.